The van der Waals surface area contributed by atoms with Crippen LogP contribution in [0.5, 0.6) is 0 Å². The number of hydrogen-bond donors (Lipinski definition) is 1. The Morgan fingerprint density at radius 3 is 2.20 bits per heavy atom. The van der Waals surface area contributed by atoms with Gasteiger partial charge in [-0.05, 0) is 62.7 Å². The summed E-state index contributed by atoms with van der Waals surface area (Å²) in [4.78, 5) is 35.3. The third kappa shape index (κ3) is 4.73. The fourth-order valence-corrected chi connectivity index (χ4v) is 2.03. The highest BCUT2D eigenvalue weighted by molar-refractivity contribution is 5.98. The third-order valence-electron chi connectivity index (χ3n) is 3.62. The van der Waals surface area contributed by atoms with E-state index in [1.807, 2.05) is 0 Å². The average molecular weight is 343 g/mol. The molecule has 2 rings (SSSR count). The second-order valence-corrected chi connectivity index (χ2v) is 5.63. The van der Waals surface area contributed by atoms with Crippen molar-refractivity contribution in [3.8, 4) is 0 Å². The summed E-state index contributed by atoms with van der Waals surface area (Å²) in [5, 5.41) is 2.58. The Bertz CT molecular complexity index is 815. The molecule has 0 radical (unpaired) electrons. The predicted molar refractivity (Wildman–Crippen MR) is 91.1 cm³/mol. The summed E-state index contributed by atoms with van der Waals surface area (Å²) in [6, 6.07) is 10.3. The first-order valence-corrected chi connectivity index (χ1v) is 7.67. The molecule has 0 fully saturated rings. The van der Waals surface area contributed by atoms with Crippen LogP contribution < -0.4 is 5.32 Å². The van der Waals surface area contributed by atoms with Gasteiger partial charge in [-0.1, -0.05) is 6.07 Å². The number of carbonyl (C=O) groups excluding carboxylic acids is 3. The van der Waals surface area contributed by atoms with Crippen molar-refractivity contribution in [2.75, 3.05) is 5.32 Å². The number of esters is 1. The molecule has 0 aliphatic heterocycles. The maximum Gasteiger partial charge on any atom is 0.339 e. The van der Waals surface area contributed by atoms with Gasteiger partial charge in [-0.3, -0.25) is 9.59 Å². The number of aryl methyl sites for hydroxylation is 1. The van der Waals surface area contributed by atoms with Gasteiger partial charge in [-0.15, -0.1) is 0 Å². The lowest BCUT2D eigenvalue weighted by Gasteiger charge is -2.14. The second kappa shape index (κ2) is 7.70. The lowest BCUT2D eigenvalue weighted by atomic mass is 10.1. The van der Waals surface area contributed by atoms with Crippen molar-refractivity contribution in [1.29, 1.82) is 0 Å². The third-order valence-corrected chi connectivity index (χ3v) is 3.62. The quantitative estimate of drug-likeness (QED) is 0.666. The molecule has 0 aliphatic carbocycles. The highest BCUT2D eigenvalue weighted by atomic mass is 19.1. The van der Waals surface area contributed by atoms with E-state index in [-0.39, 0.29) is 11.3 Å². The molecule has 1 atom stereocenters. The molecular weight excluding hydrogens is 325 g/mol. The molecule has 0 unspecified atom stereocenters. The number of halogens is 1. The fraction of sp³-hybridized carbons (Fsp3) is 0.211. The van der Waals surface area contributed by atoms with E-state index in [2.05, 4.69) is 5.32 Å². The van der Waals surface area contributed by atoms with Crippen LogP contribution in [0.25, 0.3) is 0 Å². The number of anilines is 1. The Morgan fingerprint density at radius 2 is 1.64 bits per heavy atom. The zero-order chi connectivity index (χ0) is 18.6. The zero-order valence-electron chi connectivity index (χ0n) is 14.1. The van der Waals surface area contributed by atoms with E-state index in [0.29, 0.717) is 16.8 Å². The Hall–Kier alpha value is -3.02. The molecule has 5 nitrogen and oxygen atoms in total. The summed E-state index contributed by atoms with van der Waals surface area (Å²) in [7, 11) is 0. The molecule has 0 saturated carbocycles. The first-order valence-electron chi connectivity index (χ1n) is 7.67. The number of ketones is 1. The molecule has 0 spiro atoms. The molecule has 2 aromatic carbocycles. The van der Waals surface area contributed by atoms with Crippen LogP contribution >= 0.6 is 0 Å². The van der Waals surface area contributed by atoms with Crippen molar-refractivity contribution >= 4 is 23.3 Å². The molecule has 0 saturated heterocycles. The summed E-state index contributed by atoms with van der Waals surface area (Å²) in [5.74, 6) is -1.91. The maximum absolute atomic E-state index is 13.5. The number of amides is 1. The largest absolute Gasteiger partial charge is 0.449 e. The summed E-state index contributed by atoms with van der Waals surface area (Å²) < 4.78 is 18.6. The van der Waals surface area contributed by atoms with E-state index >= 15 is 0 Å². The first-order chi connectivity index (χ1) is 11.8. The van der Waals surface area contributed by atoms with Gasteiger partial charge >= 0.3 is 5.97 Å². The van der Waals surface area contributed by atoms with Crippen molar-refractivity contribution in [2.45, 2.75) is 26.9 Å². The molecule has 0 heterocycles. The molecule has 0 aromatic heterocycles. The monoisotopic (exact) mass is 343 g/mol. The number of hydrogen-bond acceptors (Lipinski definition) is 4. The minimum atomic E-state index is -1.07. The van der Waals surface area contributed by atoms with Gasteiger partial charge in [0.15, 0.2) is 11.9 Å². The highest BCUT2D eigenvalue weighted by Crippen LogP contribution is 2.13. The van der Waals surface area contributed by atoms with Crippen LogP contribution in [0.4, 0.5) is 10.1 Å². The van der Waals surface area contributed by atoms with Gasteiger partial charge in [0.25, 0.3) is 5.91 Å². The van der Waals surface area contributed by atoms with E-state index in [4.69, 9.17) is 4.74 Å². The van der Waals surface area contributed by atoms with Gasteiger partial charge in [-0.2, -0.15) is 0 Å². The molecule has 0 bridgehead atoms. The van der Waals surface area contributed by atoms with E-state index in [9.17, 15) is 18.8 Å². The summed E-state index contributed by atoms with van der Waals surface area (Å²) >= 11 is 0. The van der Waals surface area contributed by atoms with Crippen molar-refractivity contribution in [1.82, 2.24) is 0 Å². The molecule has 2 aromatic rings. The van der Waals surface area contributed by atoms with Crippen LogP contribution in [0.3, 0.4) is 0 Å². The number of Topliss-reactive ketones (excluding diaryl/α,β-unsaturated/α-hetero) is 1. The van der Waals surface area contributed by atoms with E-state index < -0.39 is 23.8 Å². The van der Waals surface area contributed by atoms with Crippen LogP contribution in [0.2, 0.25) is 0 Å². The van der Waals surface area contributed by atoms with E-state index in [1.165, 1.54) is 26.0 Å². The van der Waals surface area contributed by atoms with Crippen LogP contribution in [-0.4, -0.2) is 23.8 Å². The number of benzene rings is 2. The normalized spacial score (nSPS) is 11.5. The van der Waals surface area contributed by atoms with Crippen molar-refractivity contribution in [3.63, 3.8) is 0 Å². The predicted octanol–water partition coefficient (Wildman–Crippen LogP) is 3.52. The van der Waals surface area contributed by atoms with Gasteiger partial charge in [0.2, 0.25) is 0 Å². The molecule has 25 heavy (non-hydrogen) atoms. The van der Waals surface area contributed by atoms with Crippen LogP contribution in [-0.2, 0) is 9.53 Å². The summed E-state index contributed by atoms with van der Waals surface area (Å²) in [6.45, 7) is 4.45. The Kier molecular flexibility index (Phi) is 5.64. The smallest absolute Gasteiger partial charge is 0.339 e. The van der Waals surface area contributed by atoms with Gasteiger partial charge in [0, 0.05) is 11.3 Å². The average Bonchev–Trinajstić information content (AvgIpc) is 2.57. The van der Waals surface area contributed by atoms with Gasteiger partial charge < -0.3 is 10.1 Å². The minimum Gasteiger partial charge on any atom is -0.449 e. The van der Waals surface area contributed by atoms with Gasteiger partial charge in [0.1, 0.15) is 5.82 Å². The lowest BCUT2D eigenvalue weighted by molar-refractivity contribution is -0.123. The molecule has 6 heteroatoms. The number of carbonyl (C=O) groups is 3. The molecular formula is C19H18FNO4. The molecule has 130 valence electrons. The fourth-order valence-electron chi connectivity index (χ4n) is 2.03. The second-order valence-electron chi connectivity index (χ2n) is 5.63. The highest BCUT2D eigenvalue weighted by Gasteiger charge is 2.19. The first kappa shape index (κ1) is 18.3. The lowest BCUT2D eigenvalue weighted by Crippen LogP contribution is -2.30. The Labute approximate surface area is 144 Å². The standard InChI is InChI=1S/C19H18FNO4/c1-11-4-5-15(10-17(11)20)19(24)25-13(3)18(23)21-16-8-6-14(7-9-16)12(2)22/h4-10,13H,1-3H3,(H,21,23)/t13-/m0/s1. The number of nitrogens with one attached hydrogen (secondary N) is 1. The summed E-state index contributed by atoms with van der Waals surface area (Å²) in [6.07, 6.45) is -1.07. The van der Waals surface area contributed by atoms with Gasteiger partial charge in [-0.25, -0.2) is 9.18 Å². The minimum absolute atomic E-state index is 0.0357. The zero-order valence-corrected chi connectivity index (χ0v) is 14.1. The Morgan fingerprint density at radius 1 is 1.04 bits per heavy atom. The Balaban J connectivity index is 1.98. The van der Waals surface area contributed by atoms with E-state index in [0.717, 1.165) is 6.07 Å². The molecule has 1 N–H and O–H groups in total. The molecule has 1 amide bonds. The van der Waals surface area contributed by atoms with Crippen LogP contribution in [0.15, 0.2) is 42.5 Å². The van der Waals surface area contributed by atoms with Crippen molar-refractivity contribution in [2.24, 2.45) is 0 Å². The molecule has 0 aliphatic rings. The SMILES string of the molecule is CC(=O)c1ccc(NC(=O)[C@H](C)OC(=O)c2ccc(C)c(F)c2)cc1. The maximum atomic E-state index is 13.5. The van der Waals surface area contributed by atoms with E-state index in [1.54, 1.807) is 31.2 Å². The van der Waals surface area contributed by atoms with Crippen molar-refractivity contribution < 1.29 is 23.5 Å². The topological polar surface area (TPSA) is 72.5 Å². The van der Waals surface area contributed by atoms with Gasteiger partial charge in [0.05, 0.1) is 5.56 Å². The summed E-state index contributed by atoms with van der Waals surface area (Å²) in [5.41, 5.74) is 1.45. The van der Waals surface area contributed by atoms with Crippen LogP contribution in [0, 0.1) is 12.7 Å². The van der Waals surface area contributed by atoms with Crippen molar-refractivity contribution in [3.05, 3.63) is 65.0 Å². The number of ether oxygens (including phenoxy) is 1. The number of rotatable bonds is 5. The van der Waals surface area contributed by atoms with Crippen LogP contribution in [0.1, 0.15) is 40.1 Å².